The zero-order valence-corrected chi connectivity index (χ0v) is 17.4. The van der Waals surface area contributed by atoms with Gasteiger partial charge in [-0.3, -0.25) is 4.98 Å². The summed E-state index contributed by atoms with van der Waals surface area (Å²) in [7, 11) is 0. The van der Waals surface area contributed by atoms with Crippen molar-refractivity contribution in [3.8, 4) is 0 Å². The minimum Gasteiger partial charge on any atom is -0.335 e. The number of aryl methyl sites for hydroxylation is 2. The third-order valence-corrected chi connectivity index (χ3v) is 5.89. The predicted molar refractivity (Wildman–Crippen MR) is 112 cm³/mol. The molecule has 0 radical (unpaired) electrons. The van der Waals surface area contributed by atoms with Crippen LogP contribution < -0.4 is 0 Å². The number of aromatic nitrogens is 2. The Bertz CT molecular complexity index is 885. The number of halogens is 1. The van der Waals surface area contributed by atoms with E-state index in [0.29, 0.717) is 5.92 Å². The van der Waals surface area contributed by atoms with E-state index in [1.54, 1.807) is 0 Å². The molecule has 0 aliphatic heterocycles. The Labute approximate surface area is 165 Å². The Hall–Kier alpha value is -1.71. The van der Waals surface area contributed by atoms with Gasteiger partial charge in [0, 0.05) is 34.6 Å². The van der Waals surface area contributed by atoms with Crippen molar-refractivity contribution in [3.05, 3.63) is 76.2 Å². The summed E-state index contributed by atoms with van der Waals surface area (Å²) in [5.41, 5.74) is 5.21. The molecule has 0 saturated heterocycles. The fourth-order valence-corrected chi connectivity index (χ4v) is 4.74. The van der Waals surface area contributed by atoms with Crippen molar-refractivity contribution in [2.45, 2.75) is 56.5 Å². The van der Waals surface area contributed by atoms with Crippen LogP contribution in [0.5, 0.6) is 0 Å². The minimum atomic E-state index is 0.472. The minimum absolute atomic E-state index is 0.472. The van der Waals surface area contributed by atoms with Gasteiger partial charge in [0.25, 0.3) is 0 Å². The highest BCUT2D eigenvalue weighted by molar-refractivity contribution is 7.99. The molecule has 0 atom stereocenters. The molecule has 0 aliphatic carbocycles. The third-order valence-electron chi connectivity index (χ3n) is 4.55. The van der Waals surface area contributed by atoms with E-state index in [1.165, 1.54) is 32.3 Å². The first kappa shape index (κ1) is 19.1. The summed E-state index contributed by atoms with van der Waals surface area (Å²) in [6, 6.07) is 12.8. The molecule has 136 valence electrons. The molecule has 2 heterocycles. The van der Waals surface area contributed by atoms with Crippen LogP contribution in [0.2, 0.25) is 5.02 Å². The molecule has 0 N–H and O–H groups in total. The molecule has 4 heteroatoms. The fourth-order valence-electron chi connectivity index (χ4n) is 3.07. The number of rotatable bonds is 6. The second kappa shape index (κ2) is 8.32. The Balaban J connectivity index is 2.02. The molecule has 0 unspecified atom stereocenters. The Morgan fingerprint density at radius 2 is 1.81 bits per heavy atom. The Kier molecular flexibility index (Phi) is 6.10. The highest BCUT2D eigenvalue weighted by atomic mass is 35.5. The molecule has 3 aromatic rings. The van der Waals surface area contributed by atoms with E-state index in [1.807, 2.05) is 24.2 Å². The SMILES string of the molecule is CCc1cc(Cl)cc(Sc2c(C(C)C)cc(C)n2Cc2ccncc2)c1. The van der Waals surface area contributed by atoms with Gasteiger partial charge in [-0.1, -0.05) is 44.1 Å². The van der Waals surface area contributed by atoms with Crippen LogP contribution in [0, 0.1) is 6.92 Å². The van der Waals surface area contributed by atoms with Crippen LogP contribution in [0.1, 0.15) is 49.1 Å². The highest BCUT2D eigenvalue weighted by Crippen LogP contribution is 2.38. The van der Waals surface area contributed by atoms with Gasteiger partial charge in [-0.15, -0.1) is 0 Å². The Morgan fingerprint density at radius 3 is 2.46 bits per heavy atom. The Morgan fingerprint density at radius 1 is 1.08 bits per heavy atom. The lowest BCUT2D eigenvalue weighted by Crippen LogP contribution is -2.04. The first-order valence-electron chi connectivity index (χ1n) is 9.04. The van der Waals surface area contributed by atoms with E-state index in [9.17, 15) is 0 Å². The number of hydrogen-bond acceptors (Lipinski definition) is 2. The van der Waals surface area contributed by atoms with Gasteiger partial charge in [-0.2, -0.15) is 0 Å². The molecule has 0 bridgehead atoms. The lowest BCUT2D eigenvalue weighted by atomic mass is 10.1. The summed E-state index contributed by atoms with van der Waals surface area (Å²) in [6.07, 6.45) is 4.70. The van der Waals surface area contributed by atoms with E-state index in [-0.39, 0.29) is 0 Å². The monoisotopic (exact) mass is 384 g/mol. The zero-order valence-electron chi connectivity index (χ0n) is 15.8. The maximum Gasteiger partial charge on any atom is 0.0836 e. The average molecular weight is 385 g/mol. The van der Waals surface area contributed by atoms with Gasteiger partial charge in [-0.25, -0.2) is 0 Å². The lowest BCUT2D eigenvalue weighted by Gasteiger charge is -2.15. The van der Waals surface area contributed by atoms with Gasteiger partial charge >= 0.3 is 0 Å². The number of benzene rings is 1. The molecule has 0 fully saturated rings. The van der Waals surface area contributed by atoms with Crippen molar-refractivity contribution < 1.29 is 0 Å². The van der Waals surface area contributed by atoms with Crippen molar-refractivity contribution in [2.24, 2.45) is 0 Å². The molecule has 3 rings (SSSR count). The largest absolute Gasteiger partial charge is 0.335 e. The quantitative estimate of drug-likeness (QED) is 0.468. The van der Waals surface area contributed by atoms with Crippen LogP contribution in [0.15, 0.2) is 58.7 Å². The van der Waals surface area contributed by atoms with Crippen molar-refractivity contribution in [1.29, 1.82) is 0 Å². The molecule has 0 amide bonds. The van der Waals surface area contributed by atoms with E-state index < -0.39 is 0 Å². The average Bonchev–Trinajstić information content (AvgIpc) is 2.92. The molecule has 0 saturated carbocycles. The second-order valence-corrected chi connectivity index (χ2v) is 8.39. The summed E-state index contributed by atoms with van der Waals surface area (Å²) in [5, 5.41) is 2.11. The maximum atomic E-state index is 6.35. The van der Waals surface area contributed by atoms with Gasteiger partial charge in [0.1, 0.15) is 0 Å². The first-order chi connectivity index (χ1) is 12.5. The van der Waals surface area contributed by atoms with Crippen LogP contribution in [0.25, 0.3) is 0 Å². The highest BCUT2D eigenvalue weighted by Gasteiger charge is 2.17. The van der Waals surface area contributed by atoms with Crippen molar-refractivity contribution >= 4 is 23.4 Å². The standard InChI is InChI=1S/C22H25ClN2S/c1-5-17-11-19(23)13-20(12-17)26-22-21(15(2)3)10-16(4)25(22)14-18-6-8-24-9-7-18/h6-13,15H,5,14H2,1-4H3. The summed E-state index contributed by atoms with van der Waals surface area (Å²) in [4.78, 5) is 5.33. The van der Waals surface area contributed by atoms with Crippen LogP contribution in [0.4, 0.5) is 0 Å². The number of pyridine rings is 1. The van der Waals surface area contributed by atoms with E-state index in [2.05, 4.69) is 73.6 Å². The molecular weight excluding hydrogens is 360 g/mol. The van der Waals surface area contributed by atoms with Crippen molar-refractivity contribution in [2.75, 3.05) is 0 Å². The zero-order chi connectivity index (χ0) is 18.7. The second-order valence-electron chi connectivity index (χ2n) is 6.89. The van der Waals surface area contributed by atoms with E-state index in [0.717, 1.165) is 18.0 Å². The molecule has 2 nitrogen and oxygen atoms in total. The lowest BCUT2D eigenvalue weighted by molar-refractivity contribution is 0.689. The van der Waals surface area contributed by atoms with Gasteiger partial charge < -0.3 is 4.57 Å². The van der Waals surface area contributed by atoms with Gasteiger partial charge in [0.05, 0.1) is 5.03 Å². The van der Waals surface area contributed by atoms with Crippen molar-refractivity contribution in [3.63, 3.8) is 0 Å². The molecule has 0 aliphatic rings. The van der Waals surface area contributed by atoms with Gasteiger partial charge in [0.2, 0.25) is 0 Å². The number of hydrogen-bond donors (Lipinski definition) is 0. The predicted octanol–water partition coefficient (Wildman–Crippen LogP) is 6.73. The molecule has 2 aromatic heterocycles. The molecule has 0 spiro atoms. The third kappa shape index (κ3) is 4.33. The fraction of sp³-hybridized carbons (Fsp3) is 0.318. The van der Waals surface area contributed by atoms with E-state index >= 15 is 0 Å². The smallest absolute Gasteiger partial charge is 0.0836 e. The maximum absolute atomic E-state index is 6.35. The summed E-state index contributed by atoms with van der Waals surface area (Å²) >= 11 is 8.16. The van der Waals surface area contributed by atoms with Crippen LogP contribution >= 0.6 is 23.4 Å². The summed E-state index contributed by atoms with van der Waals surface area (Å²) in [5.74, 6) is 0.472. The number of nitrogens with zero attached hydrogens (tertiary/aromatic N) is 2. The van der Waals surface area contributed by atoms with Crippen molar-refractivity contribution in [1.82, 2.24) is 9.55 Å². The molecular formula is C22H25ClN2S. The first-order valence-corrected chi connectivity index (χ1v) is 10.2. The van der Waals surface area contributed by atoms with Crippen LogP contribution in [0.3, 0.4) is 0 Å². The van der Waals surface area contributed by atoms with Crippen LogP contribution in [-0.2, 0) is 13.0 Å². The molecule has 1 aromatic carbocycles. The van der Waals surface area contributed by atoms with Gasteiger partial charge in [0.15, 0.2) is 0 Å². The normalized spacial score (nSPS) is 11.3. The van der Waals surface area contributed by atoms with Crippen LogP contribution in [-0.4, -0.2) is 9.55 Å². The van der Waals surface area contributed by atoms with Gasteiger partial charge in [-0.05, 0) is 72.4 Å². The molecule has 26 heavy (non-hydrogen) atoms. The van der Waals surface area contributed by atoms with E-state index in [4.69, 9.17) is 11.6 Å². The topological polar surface area (TPSA) is 17.8 Å². The summed E-state index contributed by atoms with van der Waals surface area (Å²) < 4.78 is 2.40. The summed E-state index contributed by atoms with van der Waals surface area (Å²) in [6.45, 7) is 9.71.